The summed E-state index contributed by atoms with van der Waals surface area (Å²) in [5, 5.41) is 9.44. The lowest BCUT2D eigenvalue weighted by molar-refractivity contribution is -0.175. The van der Waals surface area contributed by atoms with Gasteiger partial charge in [-0.15, -0.1) is 15.8 Å². The van der Waals surface area contributed by atoms with E-state index in [1.807, 2.05) is 6.92 Å². The molecule has 1 N–H and O–H groups in total. The van der Waals surface area contributed by atoms with Crippen LogP contribution in [0.3, 0.4) is 0 Å². The standard InChI is InChI=1S/C11H13ClF2N2O3S2/c1-3-8-4-5-9(20-8)21(18,19)16-10(17,11(12,13)14)6-7(2)15-16/h4-5,17H,3,6H2,1-2H3/t10-/m0/s1. The van der Waals surface area contributed by atoms with E-state index < -0.39 is 27.6 Å². The lowest BCUT2D eigenvalue weighted by Crippen LogP contribution is -2.55. The number of hydrogen-bond donors (Lipinski definition) is 1. The fraction of sp³-hybridized carbons (Fsp3) is 0.545. The van der Waals surface area contributed by atoms with Gasteiger partial charge in [-0.05, 0) is 37.1 Å². The van der Waals surface area contributed by atoms with Crippen molar-refractivity contribution in [3.63, 3.8) is 0 Å². The van der Waals surface area contributed by atoms with Gasteiger partial charge in [-0.25, -0.2) is 0 Å². The van der Waals surface area contributed by atoms with Gasteiger partial charge in [-0.2, -0.15) is 22.3 Å². The third-order valence-electron chi connectivity index (χ3n) is 3.00. The number of aliphatic hydroxyl groups is 1. The Bertz CT molecular complexity index is 684. The first kappa shape index (κ1) is 16.6. The predicted molar refractivity (Wildman–Crippen MR) is 76.2 cm³/mol. The molecular weight excluding hydrogens is 346 g/mol. The summed E-state index contributed by atoms with van der Waals surface area (Å²) in [6, 6.07) is 2.89. The van der Waals surface area contributed by atoms with Gasteiger partial charge in [0, 0.05) is 17.0 Å². The average molecular weight is 359 g/mol. The van der Waals surface area contributed by atoms with Crippen LogP contribution in [0, 0.1) is 0 Å². The monoisotopic (exact) mass is 358 g/mol. The Balaban J connectivity index is 2.51. The van der Waals surface area contributed by atoms with Crippen molar-refractivity contribution in [2.24, 2.45) is 5.10 Å². The van der Waals surface area contributed by atoms with Gasteiger partial charge in [-0.1, -0.05) is 6.92 Å². The van der Waals surface area contributed by atoms with Gasteiger partial charge in [0.1, 0.15) is 4.21 Å². The van der Waals surface area contributed by atoms with Crippen LogP contribution in [-0.4, -0.2) is 34.8 Å². The van der Waals surface area contributed by atoms with Crippen molar-refractivity contribution in [3.05, 3.63) is 17.0 Å². The highest BCUT2D eigenvalue weighted by atomic mass is 35.5. The van der Waals surface area contributed by atoms with Crippen LogP contribution in [0.2, 0.25) is 0 Å². The Labute approximate surface area is 129 Å². The fourth-order valence-corrected chi connectivity index (χ4v) is 4.99. The zero-order valence-electron chi connectivity index (χ0n) is 11.2. The highest BCUT2D eigenvalue weighted by Gasteiger charge is 2.62. The molecule has 0 aromatic carbocycles. The second kappa shape index (κ2) is 5.15. The van der Waals surface area contributed by atoms with E-state index in [-0.39, 0.29) is 14.3 Å². The minimum Gasteiger partial charge on any atom is -0.363 e. The summed E-state index contributed by atoms with van der Waals surface area (Å²) in [4.78, 5) is 0.773. The molecule has 1 aromatic heterocycles. The van der Waals surface area contributed by atoms with Gasteiger partial charge >= 0.3 is 5.38 Å². The van der Waals surface area contributed by atoms with Gasteiger partial charge in [0.2, 0.25) is 0 Å². The second-order valence-corrected chi connectivity index (χ2v) is 8.29. The number of thiophene rings is 1. The lowest BCUT2D eigenvalue weighted by Gasteiger charge is -2.33. The zero-order chi connectivity index (χ0) is 16.1. The van der Waals surface area contributed by atoms with Crippen molar-refractivity contribution < 1.29 is 22.3 Å². The van der Waals surface area contributed by atoms with Gasteiger partial charge in [0.25, 0.3) is 15.7 Å². The summed E-state index contributed by atoms with van der Waals surface area (Å²) in [7, 11) is -4.40. The topological polar surface area (TPSA) is 70.0 Å². The molecule has 1 aliphatic rings. The van der Waals surface area contributed by atoms with Gasteiger partial charge in [0.15, 0.2) is 0 Å². The number of halogens is 3. The summed E-state index contributed by atoms with van der Waals surface area (Å²) in [5.74, 6) is 0. The highest BCUT2D eigenvalue weighted by Crippen LogP contribution is 2.45. The van der Waals surface area contributed by atoms with E-state index in [1.54, 1.807) is 6.07 Å². The number of nitrogens with zero attached hydrogens (tertiary/aromatic N) is 2. The van der Waals surface area contributed by atoms with Crippen molar-refractivity contribution in [1.29, 1.82) is 0 Å². The normalized spacial score (nSPS) is 23.5. The molecule has 0 unspecified atom stereocenters. The smallest absolute Gasteiger partial charge is 0.363 e. The number of alkyl halides is 3. The number of hydrogen-bond acceptors (Lipinski definition) is 5. The summed E-state index contributed by atoms with van der Waals surface area (Å²) >= 11 is 5.85. The number of sulfonamides is 1. The van der Waals surface area contributed by atoms with Crippen molar-refractivity contribution in [3.8, 4) is 0 Å². The van der Waals surface area contributed by atoms with Crippen LogP contribution in [0.5, 0.6) is 0 Å². The molecule has 2 heterocycles. The average Bonchev–Trinajstić information content (AvgIpc) is 2.93. The second-order valence-electron chi connectivity index (χ2n) is 4.65. The summed E-state index contributed by atoms with van der Waals surface area (Å²) in [5.41, 5.74) is -3.05. The van der Waals surface area contributed by atoms with Crippen LogP contribution >= 0.6 is 22.9 Å². The fourth-order valence-electron chi connectivity index (χ4n) is 1.93. The summed E-state index contributed by atoms with van der Waals surface area (Å²) in [6.07, 6.45) is -0.0485. The summed E-state index contributed by atoms with van der Waals surface area (Å²) < 4.78 is 51.7. The first-order chi connectivity index (χ1) is 9.52. The predicted octanol–water partition coefficient (Wildman–Crippen LogP) is 2.60. The van der Waals surface area contributed by atoms with E-state index in [0.717, 1.165) is 16.2 Å². The number of aryl methyl sites for hydroxylation is 1. The molecule has 0 bridgehead atoms. The van der Waals surface area contributed by atoms with Crippen molar-refractivity contribution >= 4 is 38.7 Å². The van der Waals surface area contributed by atoms with Crippen LogP contribution in [0.4, 0.5) is 8.78 Å². The lowest BCUT2D eigenvalue weighted by atomic mass is 10.1. The Morgan fingerprint density at radius 2 is 2.19 bits per heavy atom. The Morgan fingerprint density at radius 1 is 1.57 bits per heavy atom. The Morgan fingerprint density at radius 3 is 2.67 bits per heavy atom. The quantitative estimate of drug-likeness (QED) is 0.841. The Kier molecular flexibility index (Phi) is 4.07. The third kappa shape index (κ3) is 2.67. The third-order valence-corrected chi connectivity index (χ3v) is 6.69. The van der Waals surface area contributed by atoms with E-state index in [4.69, 9.17) is 11.6 Å². The molecule has 0 radical (unpaired) electrons. The molecule has 5 nitrogen and oxygen atoms in total. The SMILES string of the molecule is CCc1ccc(S(=O)(=O)N2N=C(C)C[C@]2(O)C(F)(F)Cl)s1. The maximum Gasteiger partial charge on any atom is 0.371 e. The minimum absolute atomic E-state index is 0.0214. The molecule has 0 saturated carbocycles. The van der Waals surface area contributed by atoms with E-state index in [1.165, 1.54) is 13.0 Å². The molecule has 1 aromatic rings. The molecule has 0 saturated heterocycles. The minimum atomic E-state index is -4.40. The molecule has 10 heteroatoms. The molecule has 1 aliphatic heterocycles. The molecule has 118 valence electrons. The van der Waals surface area contributed by atoms with Crippen LogP contribution in [0.25, 0.3) is 0 Å². The molecule has 1 atom stereocenters. The molecule has 0 spiro atoms. The largest absolute Gasteiger partial charge is 0.371 e. The van der Waals surface area contributed by atoms with E-state index in [0.29, 0.717) is 6.42 Å². The zero-order valence-corrected chi connectivity index (χ0v) is 13.6. The van der Waals surface area contributed by atoms with Crippen LogP contribution in [-0.2, 0) is 16.4 Å². The van der Waals surface area contributed by atoms with Gasteiger partial charge in [0.05, 0.1) is 0 Å². The van der Waals surface area contributed by atoms with Crippen LogP contribution < -0.4 is 0 Å². The van der Waals surface area contributed by atoms with E-state index >= 15 is 0 Å². The first-order valence-corrected chi connectivity index (χ1v) is 8.63. The molecule has 21 heavy (non-hydrogen) atoms. The first-order valence-electron chi connectivity index (χ1n) is 5.99. The summed E-state index contributed by atoms with van der Waals surface area (Å²) in [6.45, 7) is 3.18. The van der Waals surface area contributed by atoms with Crippen LogP contribution in [0.1, 0.15) is 25.1 Å². The maximum absolute atomic E-state index is 13.5. The maximum atomic E-state index is 13.5. The number of rotatable bonds is 4. The molecule has 0 fully saturated rings. The molecule has 0 aliphatic carbocycles. The van der Waals surface area contributed by atoms with Crippen molar-refractivity contribution in [1.82, 2.24) is 4.41 Å². The van der Waals surface area contributed by atoms with Crippen LogP contribution in [0.15, 0.2) is 21.4 Å². The van der Waals surface area contributed by atoms with Gasteiger partial charge < -0.3 is 5.11 Å². The molecular formula is C11H13ClF2N2O3S2. The number of hydrazone groups is 1. The van der Waals surface area contributed by atoms with Crippen molar-refractivity contribution in [2.45, 2.75) is 42.0 Å². The van der Waals surface area contributed by atoms with Crippen molar-refractivity contribution in [2.75, 3.05) is 0 Å². The Hall–Kier alpha value is -0.770. The highest BCUT2D eigenvalue weighted by molar-refractivity contribution is 7.91. The molecule has 2 rings (SSSR count). The van der Waals surface area contributed by atoms with E-state index in [9.17, 15) is 22.3 Å². The van der Waals surface area contributed by atoms with Gasteiger partial charge in [-0.3, -0.25) is 0 Å². The molecule has 0 amide bonds. The van der Waals surface area contributed by atoms with E-state index in [2.05, 4.69) is 5.10 Å².